The monoisotopic (exact) mass is 310 g/mol. The number of thioether (sulfide) groups is 1. The molecule has 0 spiro atoms. The Morgan fingerprint density at radius 3 is 2.57 bits per heavy atom. The molecule has 1 heterocycles. The smallest absolute Gasteiger partial charge is 0.191 e. The molecule has 0 amide bonds. The summed E-state index contributed by atoms with van der Waals surface area (Å²) in [6, 6.07) is 0.580. The van der Waals surface area contributed by atoms with Crippen LogP contribution in [-0.4, -0.2) is 33.1 Å². The van der Waals surface area contributed by atoms with Crippen LogP contribution in [0.4, 0.5) is 0 Å². The van der Waals surface area contributed by atoms with E-state index in [0.717, 1.165) is 16.9 Å². The molecule has 0 saturated heterocycles. The maximum atomic E-state index is 4.33. The van der Waals surface area contributed by atoms with Crippen molar-refractivity contribution >= 4 is 11.8 Å². The number of hydrogen-bond donors (Lipinski definition) is 1. The molecular formula is C16H30N4S. The van der Waals surface area contributed by atoms with Gasteiger partial charge in [-0.15, -0.1) is 10.2 Å². The van der Waals surface area contributed by atoms with Crippen molar-refractivity contribution in [3.8, 4) is 0 Å². The maximum absolute atomic E-state index is 4.33. The minimum absolute atomic E-state index is 0.438. The molecule has 5 heteroatoms. The van der Waals surface area contributed by atoms with E-state index in [-0.39, 0.29) is 0 Å². The van der Waals surface area contributed by atoms with Crippen LogP contribution >= 0.6 is 11.8 Å². The Morgan fingerprint density at radius 1 is 1.33 bits per heavy atom. The SMILES string of the molecule is CCC(C)(C)C1CCC(NC)C(Sc2nnc(C)n2C)C1. The van der Waals surface area contributed by atoms with Crippen LogP contribution in [0, 0.1) is 18.3 Å². The molecule has 3 unspecified atom stereocenters. The Kier molecular flexibility index (Phi) is 5.36. The van der Waals surface area contributed by atoms with E-state index in [1.54, 1.807) is 0 Å². The van der Waals surface area contributed by atoms with Crippen LogP contribution in [0.25, 0.3) is 0 Å². The van der Waals surface area contributed by atoms with Crippen LogP contribution < -0.4 is 5.32 Å². The fourth-order valence-electron chi connectivity index (χ4n) is 3.21. The Morgan fingerprint density at radius 2 is 2.05 bits per heavy atom. The van der Waals surface area contributed by atoms with Crippen molar-refractivity contribution in [3.63, 3.8) is 0 Å². The van der Waals surface area contributed by atoms with Crippen molar-refractivity contribution in [1.29, 1.82) is 0 Å². The molecular weight excluding hydrogens is 280 g/mol. The molecule has 21 heavy (non-hydrogen) atoms. The van der Waals surface area contributed by atoms with Crippen molar-refractivity contribution in [2.24, 2.45) is 18.4 Å². The first-order chi connectivity index (χ1) is 9.89. The van der Waals surface area contributed by atoms with Crippen LogP contribution in [0.5, 0.6) is 0 Å². The van der Waals surface area contributed by atoms with Crippen LogP contribution in [0.1, 0.15) is 52.3 Å². The predicted molar refractivity (Wildman–Crippen MR) is 89.6 cm³/mol. The minimum atomic E-state index is 0.438. The summed E-state index contributed by atoms with van der Waals surface area (Å²) in [5, 5.41) is 13.7. The molecule has 120 valence electrons. The first-order valence-electron chi connectivity index (χ1n) is 8.09. The van der Waals surface area contributed by atoms with Crippen molar-refractivity contribution in [3.05, 3.63) is 5.82 Å². The third kappa shape index (κ3) is 3.62. The highest BCUT2D eigenvalue weighted by atomic mass is 32.2. The van der Waals surface area contributed by atoms with Gasteiger partial charge in [0.05, 0.1) is 0 Å². The zero-order valence-corrected chi connectivity index (χ0v) is 15.1. The molecule has 0 aliphatic heterocycles. The lowest BCUT2D eigenvalue weighted by molar-refractivity contribution is 0.142. The number of nitrogens with one attached hydrogen (secondary N) is 1. The highest BCUT2D eigenvalue weighted by Crippen LogP contribution is 2.44. The van der Waals surface area contributed by atoms with Gasteiger partial charge in [-0.1, -0.05) is 39.0 Å². The fourth-order valence-corrected chi connectivity index (χ4v) is 4.63. The van der Waals surface area contributed by atoms with E-state index in [1.807, 2.05) is 18.7 Å². The van der Waals surface area contributed by atoms with Gasteiger partial charge in [-0.05, 0) is 44.6 Å². The number of hydrogen-bond acceptors (Lipinski definition) is 4. The van der Waals surface area contributed by atoms with Crippen LogP contribution in [-0.2, 0) is 7.05 Å². The van der Waals surface area contributed by atoms with Crippen LogP contribution in [0.3, 0.4) is 0 Å². The molecule has 1 aromatic heterocycles. The molecule has 1 saturated carbocycles. The highest BCUT2D eigenvalue weighted by Gasteiger charge is 2.37. The van der Waals surface area contributed by atoms with Crippen molar-refractivity contribution in [1.82, 2.24) is 20.1 Å². The zero-order valence-electron chi connectivity index (χ0n) is 14.3. The van der Waals surface area contributed by atoms with Gasteiger partial charge < -0.3 is 9.88 Å². The molecule has 0 radical (unpaired) electrons. The van der Waals surface area contributed by atoms with E-state index >= 15 is 0 Å². The zero-order chi connectivity index (χ0) is 15.6. The summed E-state index contributed by atoms with van der Waals surface area (Å²) in [6.07, 6.45) is 5.12. The van der Waals surface area contributed by atoms with Crippen LogP contribution in [0.15, 0.2) is 5.16 Å². The van der Waals surface area contributed by atoms with Gasteiger partial charge in [-0.3, -0.25) is 0 Å². The molecule has 1 aliphatic carbocycles. The third-order valence-electron chi connectivity index (χ3n) is 5.49. The minimum Gasteiger partial charge on any atom is -0.316 e. The van der Waals surface area contributed by atoms with E-state index in [0.29, 0.717) is 16.7 Å². The molecule has 2 rings (SSSR count). The van der Waals surface area contributed by atoms with Gasteiger partial charge in [0, 0.05) is 18.3 Å². The Labute approximate surface area is 133 Å². The Bertz CT molecular complexity index is 469. The predicted octanol–water partition coefficient (Wildman–Crippen LogP) is 3.41. The summed E-state index contributed by atoms with van der Waals surface area (Å²) < 4.78 is 2.10. The van der Waals surface area contributed by atoms with Gasteiger partial charge >= 0.3 is 0 Å². The fraction of sp³-hybridized carbons (Fsp3) is 0.875. The van der Waals surface area contributed by atoms with Crippen molar-refractivity contribution in [2.45, 2.75) is 69.8 Å². The largest absolute Gasteiger partial charge is 0.316 e. The van der Waals surface area contributed by atoms with Crippen LogP contribution in [0.2, 0.25) is 0 Å². The van der Waals surface area contributed by atoms with E-state index in [4.69, 9.17) is 0 Å². The summed E-state index contributed by atoms with van der Waals surface area (Å²) in [7, 11) is 4.15. The topological polar surface area (TPSA) is 42.7 Å². The van der Waals surface area contributed by atoms with Gasteiger partial charge in [-0.2, -0.15) is 0 Å². The average Bonchev–Trinajstić information content (AvgIpc) is 2.79. The second-order valence-corrected chi connectivity index (χ2v) is 8.20. The first-order valence-corrected chi connectivity index (χ1v) is 8.97. The summed E-state index contributed by atoms with van der Waals surface area (Å²) >= 11 is 1.90. The van der Waals surface area contributed by atoms with Gasteiger partial charge in [0.25, 0.3) is 0 Å². The molecule has 0 bridgehead atoms. The molecule has 1 fully saturated rings. The molecule has 1 N–H and O–H groups in total. The standard InChI is InChI=1S/C16H30N4S/c1-7-16(3,4)12-8-9-13(17-5)14(10-12)21-15-19-18-11(2)20(15)6/h12-14,17H,7-10H2,1-6H3. The molecule has 1 aromatic rings. The normalized spacial score (nSPS) is 27.0. The van der Waals surface area contributed by atoms with E-state index in [9.17, 15) is 0 Å². The lowest BCUT2D eigenvalue weighted by Gasteiger charge is -2.42. The summed E-state index contributed by atoms with van der Waals surface area (Å²) in [6.45, 7) is 9.17. The number of aromatic nitrogens is 3. The molecule has 1 aliphatic rings. The summed E-state index contributed by atoms with van der Waals surface area (Å²) in [5.74, 6) is 1.79. The van der Waals surface area contributed by atoms with E-state index in [1.165, 1.54) is 25.7 Å². The first kappa shape index (κ1) is 16.8. The highest BCUT2D eigenvalue weighted by molar-refractivity contribution is 7.99. The van der Waals surface area contributed by atoms with Crippen molar-refractivity contribution in [2.75, 3.05) is 7.05 Å². The lowest BCUT2D eigenvalue weighted by Crippen LogP contribution is -2.43. The van der Waals surface area contributed by atoms with E-state index < -0.39 is 0 Å². The maximum Gasteiger partial charge on any atom is 0.191 e. The second kappa shape index (κ2) is 6.69. The number of aryl methyl sites for hydroxylation is 1. The lowest BCUT2D eigenvalue weighted by atomic mass is 9.68. The third-order valence-corrected chi connectivity index (χ3v) is 6.88. The van der Waals surface area contributed by atoms with Gasteiger partial charge in [0.1, 0.15) is 5.82 Å². The van der Waals surface area contributed by atoms with Gasteiger partial charge in [-0.25, -0.2) is 0 Å². The quantitative estimate of drug-likeness (QED) is 0.905. The average molecular weight is 311 g/mol. The molecule has 3 atom stereocenters. The Hall–Kier alpha value is -0.550. The molecule has 0 aromatic carbocycles. The van der Waals surface area contributed by atoms with E-state index in [2.05, 4.69) is 54.9 Å². The van der Waals surface area contributed by atoms with Gasteiger partial charge in [0.2, 0.25) is 0 Å². The Balaban J connectivity index is 2.12. The number of rotatable bonds is 5. The second-order valence-electron chi connectivity index (χ2n) is 6.99. The summed E-state index contributed by atoms with van der Waals surface area (Å²) in [5.41, 5.74) is 0.438. The van der Waals surface area contributed by atoms with Gasteiger partial charge in [0.15, 0.2) is 5.16 Å². The molecule has 4 nitrogen and oxygen atoms in total. The van der Waals surface area contributed by atoms with Crippen molar-refractivity contribution < 1.29 is 0 Å². The number of nitrogens with zero attached hydrogens (tertiary/aromatic N) is 3. The summed E-state index contributed by atoms with van der Waals surface area (Å²) in [4.78, 5) is 0.